The van der Waals surface area contributed by atoms with E-state index in [4.69, 9.17) is 14.4 Å². The molecular formula is C55H34N2O. The summed E-state index contributed by atoms with van der Waals surface area (Å²) in [6.07, 6.45) is 1.84. The van der Waals surface area contributed by atoms with E-state index in [9.17, 15) is 0 Å². The van der Waals surface area contributed by atoms with Crippen LogP contribution in [0.1, 0.15) is 22.3 Å². The largest absolute Gasteiger partial charge is 0.455 e. The Morgan fingerprint density at radius 1 is 0.431 bits per heavy atom. The molecule has 0 radical (unpaired) electrons. The molecule has 0 atom stereocenters. The lowest BCUT2D eigenvalue weighted by molar-refractivity contribution is 0.669. The molecule has 270 valence electrons. The van der Waals surface area contributed by atoms with Crippen molar-refractivity contribution in [1.29, 1.82) is 0 Å². The van der Waals surface area contributed by atoms with Gasteiger partial charge in [0.05, 0.1) is 22.1 Å². The van der Waals surface area contributed by atoms with Gasteiger partial charge in [-0.05, 0) is 86.5 Å². The Labute approximate surface area is 335 Å². The van der Waals surface area contributed by atoms with Gasteiger partial charge in [0.15, 0.2) is 0 Å². The van der Waals surface area contributed by atoms with Gasteiger partial charge in [0.25, 0.3) is 0 Å². The molecule has 1 aliphatic rings. The van der Waals surface area contributed by atoms with E-state index in [0.29, 0.717) is 0 Å². The molecule has 0 fully saturated rings. The zero-order chi connectivity index (χ0) is 38.2. The number of hydrogen-bond acceptors (Lipinski definition) is 3. The standard InChI is InChI=1S/C55H34N2O/c1-4-14-35(15-5-1)38-28-30-49-45(33-38)50-44(39-16-12-17-40(32-39)48-29-27-37-26-25-36-18-13-31-56-52(36)53(37)57-48)34-47-51(54(50)58-49)43-23-10-11-24-46(43)55(47,41-19-6-2-7-20-41)42-21-8-3-9-22-42/h1-34H. The number of benzene rings is 8. The summed E-state index contributed by atoms with van der Waals surface area (Å²) in [5, 5.41) is 4.35. The first-order valence-electron chi connectivity index (χ1n) is 19.8. The first-order chi connectivity index (χ1) is 28.8. The molecule has 0 aliphatic heterocycles. The Kier molecular flexibility index (Phi) is 7.14. The first kappa shape index (κ1) is 32.6. The van der Waals surface area contributed by atoms with Crippen LogP contribution in [0.4, 0.5) is 0 Å². The van der Waals surface area contributed by atoms with Crippen LogP contribution in [-0.4, -0.2) is 9.97 Å². The molecule has 1 aliphatic carbocycles. The molecule has 0 saturated heterocycles. The molecule has 3 aromatic heterocycles. The fourth-order valence-corrected chi connectivity index (χ4v) is 9.62. The number of hydrogen-bond donors (Lipinski definition) is 0. The van der Waals surface area contributed by atoms with Crippen LogP contribution in [0.2, 0.25) is 0 Å². The van der Waals surface area contributed by atoms with E-state index >= 15 is 0 Å². The number of furan rings is 1. The molecule has 0 spiro atoms. The highest BCUT2D eigenvalue weighted by molar-refractivity contribution is 6.19. The van der Waals surface area contributed by atoms with Crippen LogP contribution in [0.15, 0.2) is 211 Å². The summed E-state index contributed by atoms with van der Waals surface area (Å²) in [6, 6.07) is 72.0. The van der Waals surface area contributed by atoms with Gasteiger partial charge in [-0.1, -0.05) is 164 Å². The Morgan fingerprint density at radius 3 is 1.90 bits per heavy atom. The Bertz CT molecular complexity index is 3350. The van der Waals surface area contributed by atoms with Crippen LogP contribution in [0, 0.1) is 0 Å². The number of pyridine rings is 2. The van der Waals surface area contributed by atoms with E-state index in [1.54, 1.807) is 0 Å². The van der Waals surface area contributed by atoms with E-state index in [-0.39, 0.29) is 0 Å². The van der Waals surface area contributed by atoms with Crippen molar-refractivity contribution in [3.8, 4) is 44.6 Å². The van der Waals surface area contributed by atoms with Gasteiger partial charge in [-0.3, -0.25) is 4.98 Å². The molecule has 0 amide bonds. The zero-order valence-electron chi connectivity index (χ0n) is 31.4. The normalized spacial score (nSPS) is 13.0. The van der Waals surface area contributed by atoms with Gasteiger partial charge in [-0.25, -0.2) is 4.98 Å². The van der Waals surface area contributed by atoms with Crippen molar-refractivity contribution in [2.75, 3.05) is 0 Å². The molecule has 58 heavy (non-hydrogen) atoms. The zero-order valence-corrected chi connectivity index (χ0v) is 31.4. The molecule has 3 heteroatoms. The third-order valence-corrected chi connectivity index (χ3v) is 12.2. The molecular weight excluding hydrogens is 705 g/mol. The molecule has 8 aromatic carbocycles. The maximum Gasteiger partial charge on any atom is 0.144 e. The average molecular weight is 739 g/mol. The van der Waals surface area contributed by atoms with Crippen LogP contribution < -0.4 is 0 Å². The molecule has 3 nitrogen and oxygen atoms in total. The fraction of sp³-hybridized carbons (Fsp3) is 0.0182. The fourth-order valence-electron chi connectivity index (χ4n) is 9.62. The molecule has 0 saturated carbocycles. The predicted octanol–water partition coefficient (Wildman–Crippen LogP) is 14.0. The summed E-state index contributed by atoms with van der Waals surface area (Å²) in [7, 11) is 0. The number of fused-ring (bicyclic) bond motifs is 10. The summed E-state index contributed by atoms with van der Waals surface area (Å²) >= 11 is 0. The minimum Gasteiger partial charge on any atom is -0.455 e. The lowest BCUT2D eigenvalue weighted by Crippen LogP contribution is -2.28. The van der Waals surface area contributed by atoms with Crippen molar-refractivity contribution in [2.24, 2.45) is 0 Å². The van der Waals surface area contributed by atoms with Gasteiger partial charge in [-0.2, -0.15) is 0 Å². The first-order valence-corrected chi connectivity index (χ1v) is 19.8. The number of rotatable bonds is 5. The Balaban J connectivity index is 1.18. The minimum atomic E-state index is -0.586. The molecule has 11 aromatic rings. The summed E-state index contributed by atoms with van der Waals surface area (Å²) in [4.78, 5) is 10.00. The van der Waals surface area contributed by atoms with E-state index in [0.717, 1.165) is 77.3 Å². The topological polar surface area (TPSA) is 38.9 Å². The minimum absolute atomic E-state index is 0.586. The van der Waals surface area contributed by atoms with Crippen molar-refractivity contribution in [3.63, 3.8) is 0 Å². The predicted molar refractivity (Wildman–Crippen MR) is 238 cm³/mol. The Hall–Kier alpha value is -7.62. The van der Waals surface area contributed by atoms with Crippen LogP contribution >= 0.6 is 0 Å². The van der Waals surface area contributed by atoms with Gasteiger partial charge >= 0.3 is 0 Å². The van der Waals surface area contributed by atoms with E-state index < -0.39 is 5.41 Å². The van der Waals surface area contributed by atoms with Gasteiger partial charge in [0.2, 0.25) is 0 Å². The second-order valence-corrected chi connectivity index (χ2v) is 15.2. The van der Waals surface area contributed by atoms with Crippen molar-refractivity contribution >= 4 is 43.7 Å². The highest BCUT2D eigenvalue weighted by atomic mass is 16.3. The summed E-state index contributed by atoms with van der Waals surface area (Å²) in [5.41, 5.74) is 16.7. The number of nitrogens with zero attached hydrogens (tertiary/aromatic N) is 2. The summed E-state index contributed by atoms with van der Waals surface area (Å²) in [6.45, 7) is 0. The molecule has 12 rings (SSSR count). The smallest absolute Gasteiger partial charge is 0.144 e. The lowest BCUT2D eigenvalue weighted by Gasteiger charge is -2.34. The molecule has 0 bridgehead atoms. The van der Waals surface area contributed by atoms with Crippen LogP contribution in [0.25, 0.3) is 88.4 Å². The number of aromatic nitrogens is 2. The lowest BCUT2D eigenvalue weighted by atomic mass is 9.67. The van der Waals surface area contributed by atoms with Crippen molar-refractivity contribution in [1.82, 2.24) is 9.97 Å². The van der Waals surface area contributed by atoms with Gasteiger partial charge in [0.1, 0.15) is 11.2 Å². The highest BCUT2D eigenvalue weighted by Gasteiger charge is 2.47. The second-order valence-electron chi connectivity index (χ2n) is 15.2. The van der Waals surface area contributed by atoms with Gasteiger partial charge < -0.3 is 4.42 Å². The molecule has 0 unspecified atom stereocenters. The van der Waals surface area contributed by atoms with E-state index in [2.05, 4.69) is 194 Å². The second kappa shape index (κ2) is 12.7. The maximum absolute atomic E-state index is 7.15. The third-order valence-electron chi connectivity index (χ3n) is 12.2. The quantitative estimate of drug-likeness (QED) is 0.165. The van der Waals surface area contributed by atoms with Crippen LogP contribution in [-0.2, 0) is 5.41 Å². The van der Waals surface area contributed by atoms with Crippen LogP contribution in [0.5, 0.6) is 0 Å². The molecule has 3 heterocycles. The SMILES string of the molecule is c1ccc(-c2ccc3oc4c5c(cc(-c6cccc(-c7ccc8ccc9cccnc9c8n7)c6)c4c3c2)C(c2ccccc2)(c2ccccc2)c2ccccc2-5)cc1. The highest BCUT2D eigenvalue weighted by Crippen LogP contribution is 2.60. The van der Waals surface area contributed by atoms with Gasteiger partial charge in [0, 0.05) is 38.9 Å². The van der Waals surface area contributed by atoms with Crippen molar-refractivity contribution in [2.45, 2.75) is 5.41 Å². The molecule has 0 N–H and O–H groups in total. The average Bonchev–Trinajstić information content (AvgIpc) is 3.83. The van der Waals surface area contributed by atoms with Gasteiger partial charge in [-0.15, -0.1) is 0 Å². The summed E-state index contributed by atoms with van der Waals surface area (Å²) < 4.78 is 7.15. The van der Waals surface area contributed by atoms with Crippen molar-refractivity contribution in [3.05, 3.63) is 229 Å². The third kappa shape index (κ3) is 4.74. The van der Waals surface area contributed by atoms with E-state index in [1.165, 1.54) is 33.4 Å². The maximum atomic E-state index is 7.15. The summed E-state index contributed by atoms with van der Waals surface area (Å²) in [5.74, 6) is 0. The van der Waals surface area contributed by atoms with E-state index in [1.807, 2.05) is 12.3 Å². The monoisotopic (exact) mass is 738 g/mol. The van der Waals surface area contributed by atoms with Crippen molar-refractivity contribution < 1.29 is 4.42 Å². The Morgan fingerprint density at radius 2 is 1.10 bits per heavy atom. The van der Waals surface area contributed by atoms with Crippen LogP contribution in [0.3, 0.4) is 0 Å².